The van der Waals surface area contributed by atoms with Crippen molar-refractivity contribution >= 4 is 5.91 Å². The summed E-state index contributed by atoms with van der Waals surface area (Å²) in [5.41, 5.74) is 6.13. The Bertz CT molecular complexity index is 472. The van der Waals surface area contributed by atoms with Crippen molar-refractivity contribution in [1.29, 1.82) is 0 Å². The first-order valence-corrected chi connectivity index (χ1v) is 6.38. The summed E-state index contributed by atoms with van der Waals surface area (Å²) in [4.78, 5) is 10.7. The van der Waals surface area contributed by atoms with Gasteiger partial charge in [0.1, 0.15) is 13.2 Å². The first-order chi connectivity index (χ1) is 8.99. The molecule has 0 aromatic heterocycles. The van der Waals surface area contributed by atoms with Crippen molar-refractivity contribution in [3.63, 3.8) is 0 Å². The van der Waals surface area contributed by atoms with Gasteiger partial charge in [-0.2, -0.15) is 0 Å². The molecule has 1 aliphatic rings. The first kappa shape index (κ1) is 13.7. The average Bonchev–Trinajstić information content (AvgIpc) is 2.37. The van der Waals surface area contributed by atoms with Crippen molar-refractivity contribution in [3.8, 4) is 11.5 Å². The maximum Gasteiger partial charge on any atom is 0.231 e. The van der Waals surface area contributed by atoms with Gasteiger partial charge < -0.3 is 20.5 Å². The fourth-order valence-electron chi connectivity index (χ4n) is 2.06. The minimum absolute atomic E-state index is 0.120. The third-order valence-electron chi connectivity index (χ3n) is 3.19. The van der Waals surface area contributed by atoms with E-state index in [9.17, 15) is 4.79 Å². The maximum atomic E-state index is 10.7. The third-order valence-corrected chi connectivity index (χ3v) is 3.19. The summed E-state index contributed by atoms with van der Waals surface area (Å²) in [6.45, 7) is 6.23. The Kier molecular flexibility index (Phi) is 3.95. The third kappa shape index (κ3) is 3.38. The van der Waals surface area contributed by atoms with Gasteiger partial charge in [-0.3, -0.25) is 4.79 Å². The largest absolute Gasteiger partial charge is 0.486 e. The van der Waals surface area contributed by atoms with Crippen LogP contribution in [-0.4, -0.2) is 32.2 Å². The van der Waals surface area contributed by atoms with Crippen LogP contribution < -0.4 is 20.5 Å². The van der Waals surface area contributed by atoms with E-state index in [1.165, 1.54) is 0 Å². The van der Waals surface area contributed by atoms with Gasteiger partial charge in [0.25, 0.3) is 0 Å². The van der Waals surface area contributed by atoms with Crippen LogP contribution in [0.4, 0.5) is 0 Å². The van der Waals surface area contributed by atoms with Crippen LogP contribution in [-0.2, 0) is 10.2 Å². The van der Waals surface area contributed by atoms with Crippen molar-refractivity contribution in [2.75, 3.05) is 26.3 Å². The van der Waals surface area contributed by atoms with Crippen molar-refractivity contribution < 1.29 is 14.3 Å². The highest BCUT2D eigenvalue weighted by Crippen LogP contribution is 2.34. The molecule has 0 saturated carbocycles. The van der Waals surface area contributed by atoms with Crippen LogP contribution >= 0.6 is 0 Å². The van der Waals surface area contributed by atoms with Gasteiger partial charge in [-0.1, -0.05) is 19.9 Å². The second kappa shape index (κ2) is 5.48. The van der Waals surface area contributed by atoms with E-state index in [-0.39, 0.29) is 17.9 Å². The number of ether oxygens (including phenoxy) is 2. The summed E-state index contributed by atoms with van der Waals surface area (Å²) in [6, 6.07) is 5.96. The number of hydrogen-bond acceptors (Lipinski definition) is 4. The van der Waals surface area contributed by atoms with Gasteiger partial charge in [-0.15, -0.1) is 0 Å². The maximum absolute atomic E-state index is 10.7. The number of carbonyl (C=O) groups excluding carboxylic acids is 1. The van der Waals surface area contributed by atoms with E-state index >= 15 is 0 Å². The number of nitrogens with one attached hydrogen (secondary N) is 1. The summed E-state index contributed by atoms with van der Waals surface area (Å²) >= 11 is 0. The lowest BCUT2D eigenvalue weighted by Crippen LogP contribution is -2.37. The molecule has 0 spiro atoms. The molecule has 0 saturated heterocycles. The monoisotopic (exact) mass is 264 g/mol. The van der Waals surface area contributed by atoms with Crippen LogP contribution in [0.15, 0.2) is 18.2 Å². The SMILES string of the molecule is CC(C)(CNCC(N)=O)c1ccc2c(c1)OCCO2. The molecule has 1 amide bonds. The lowest BCUT2D eigenvalue weighted by molar-refractivity contribution is -0.117. The van der Waals surface area contributed by atoms with Gasteiger partial charge in [-0.25, -0.2) is 0 Å². The Hall–Kier alpha value is -1.75. The van der Waals surface area contributed by atoms with Gasteiger partial charge in [0.05, 0.1) is 6.54 Å². The first-order valence-electron chi connectivity index (χ1n) is 6.38. The molecule has 5 heteroatoms. The summed E-state index contributed by atoms with van der Waals surface area (Å²) in [5, 5.41) is 3.06. The van der Waals surface area contributed by atoms with Gasteiger partial charge in [0, 0.05) is 12.0 Å². The molecule has 1 heterocycles. The highest BCUT2D eigenvalue weighted by Gasteiger charge is 2.23. The molecule has 0 fully saturated rings. The molecule has 1 aromatic carbocycles. The Labute approximate surface area is 113 Å². The Morgan fingerprint density at radius 1 is 1.32 bits per heavy atom. The van der Waals surface area contributed by atoms with E-state index in [0.717, 1.165) is 17.1 Å². The topological polar surface area (TPSA) is 73.6 Å². The van der Waals surface area contributed by atoms with Gasteiger partial charge in [-0.05, 0) is 17.7 Å². The number of hydrogen-bond donors (Lipinski definition) is 2. The lowest BCUT2D eigenvalue weighted by atomic mass is 9.84. The zero-order valence-corrected chi connectivity index (χ0v) is 11.4. The van der Waals surface area contributed by atoms with Crippen molar-refractivity contribution in [3.05, 3.63) is 23.8 Å². The molecular weight excluding hydrogens is 244 g/mol. The van der Waals surface area contributed by atoms with Crippen LogP contribution in [0.5, 0.6) is 11.5 Å². The van der Waals surface area contributed by atoms with Crippen LogP contribution in [0.2, 0.25) is 0 Å². The van der Waals surface area contributed by atoms with E-state index < -0.39 is 0 Å². The predicted octanol–water partition coefficient (Wildman–Crippen LogP) is 0.810. The molecule has 1 aliphatic heterocycles. The van der Waals surface area contributed by atoms with Crippen LogP contribution in [0.1, 0.15) is 19.4 Å². The quantitative estimate of drug-likeness (QED) is 0.825. The molecule has 0 aliphatic carbocycles. The second-order valence-electron chi connectivity index (χ2n) is 5.31. The number of fused-ring (bicyclic) bond motifs is 1. The molecule has 19 heavy (non-hydrogen) atoms. The highest BCUT2D eigenvalue weighted by atomic mass is 16.6. The summed E-state index contributed by atoms with van der Waals surface area (Å²) in [7, 11) is 0. The van der Waals surface area contributed by atoms with Crippen molar-refractivity contribution in [2.24, 2.45) is 5.73 Å². The molecule has 1 aromatic rings. The Morgan fingerprint density at radius 3 is 2.68 bits per heavy atom. The number of benzene rings is 1. The molecule has 104 valence electrons. The zero-order chi connectivity index (χ0) is 13.9. The standard InChI is InChI=1S/C14H20N2O3/c1-14(2,9-16-8-13(15)17)10-3-4-11-12(7-10)19-6-5-18-11/h3-4,7,16H,5-6,8-9H2,1-2H3,(H2,15,17). The van der Waals surface area contributed by atoms with Crippen LogP contribution in [0, 0.1) is 0 Å². The normalized spacial score (nSPS) is 14.2. The van der Waals surface area contributed by atoms with E-state index in [4.69, 9.17) is 15.2 Å². The smallest absolute Gasteiger partial charge is 0.231 e. The van der Waals surface area contributed by atoms with Crippen LogP contribution in [0.3, 0.4) is 0 Å². The minimum Gasteiger partial charge on any atom is -0.486 e. The fraction of sp³-hybridized carbons (Fsp3) is 0.500. The van der Waals surface area contributed by atoms with Gasteiger partial charge in [0.2, 0.25) is 5.91 Å². The Balaban J connectivity index is 2.09. The molecule has 0 bridgehead atoms. The summed E-state index contributed by atoms with van der Waals surface area (Å²) < 4.78 is 11.1. The van der Waals surface area contributed by atoms with E-state index in [2.05, 4.69) is 19.2 Å². The van der Waals surface area contributed by atoms with Crippen molar-refractivity contribution in [1.82, 2.24) is 5.32 Å². The van der Waals surface area contributed by atoms with E-state index in [0.29, 0.717) is 19.8 Å². The summed E-state index contributed by atoms with van der Waals surface area (Å²) in [5.74, 6) is 1.22. The molecule has 0 unspecified atom stereocenters. The highest BCUT2D eigenvalue weighted by molar-refractivity contribution is 5.75. The molecular formula is C14H20N2O3. The molecule has 5 nitrogen and oxygen atoms in total. The number of rotatable bonds is 5. The number of primary amides is 1. The van der Waals surface area contributed by atoms with Gasteiger partial charge in [0.15, 0.2) is 11.5 Å². The Morgan fingerprint density at radius 2 is 2.00 bits per heavy atom. The second-order valence-corrected chi connectivity index (χ2v) is 5.31. The molecule has 3 N–H and O–H groups in total. The number of amides is 1. The number of carbonyl (C=O) groups is 1. The number of nitrogens with two attached hydrogens (primary N) is 1. The average molecular weight is 264 g/mol. The summed E-state index contributed by atoms with van der Waals surface area (Å²) in [6.07, 6.45) is 0. The fourth-order valence-corrected chi connectivity index (χ4v) is 2.06. The van der Waals surface area contributed by atoms with E-state index in [1.54, 1.807) is 0 Å². The predicted molar refractivity (Wildman–Crippen MR) is 72.5 cm³/mol. The molecule has 2 rings (SSSR count). The molecule has 0 atom stereocenters. The molecule has 0 radical (unpaired) electrons. The van der Waals surface area contributed by atoms with Crippen molar-refractivity contribution in [2.45, 2.75) is 19.3 Å². The van der Waals surface area contributed by atoms with Crippen LogP contribution in [0.25, 0.3) is 0 Å². The van der Waals surface area contributed by atoms with E-state index in [1.807, 2.05) is 18.2 Å². The lowest BCUT2D eigenvalue weighted by Gasteiger charge is -2.27. The minimum atomic E-state index is -0.349. The zero-order valence-electron chi connectivity index (χ0n) is 11.4. The van der Waals surface area contributed by atoms with Gasteiger partial charge >= 0.3 is 0 Å².